The summed E-state index contributed by atoms with van der Waals surface area (Å²) in [5, 5.41) is 0. The number of aromatic nitrogens is 4. The zero-order valence-corrected chi connectivity index (χ0v) is 13.1. The molecule has 0 aliphatic carbocycles. The average Bonchev–Trinajstić information content (AvgIpc) is 2.98. The average molecular weight is 302 g/mol. The van der Waals surface area contributed by atoms with Crippen LogP contribution in [0.15, 0.2) is 32.9 Å². The van der Waals surface area contributed by atoms with Gasteiger partial charge in [-0.2, -0.15) is 4.98 Å². The molecule has 0 saturated carbocycles. The third-order valence-corrected chi connectivity index (χ3v) is 3.64. The fraction of sp³-hybridized carbons (Fsp3) is 0.400. The van der Waals surface area contributed by atoms with Crippen LogP contribution in [-0.4, -0.2) is 18.5 Å². The molecule has 7 nitrogen and oxygen atoms in total. The number of rotatable bonds is 2. The fourth-order valence-electron chi connectivity index (χ4n) is 2.39. The molecule has 0 unspecified atom stereocenters. The summed E-state index contributed by atoms with van der Waals surface area (Å²) in [4.78, 5) is 29.1. The molecular formula is C15H18N4O3. The Labute approximate surface area is 126 Å². The van der Waals surface area contributed by atoms with Crippen molar-refractivity contribution >= 4 is 17.0 Å². The molecule has 3 aromatic heterocycles. The van der Waals surface area contributed by atoms with E-state index in [1.165, 1.54) is 10.6 Å². The molecule has 22 heavy (non-hydrogen) atoms. The molecule has 3 heterocycles. The van der Waals surface area contributed by atoms with Crippen LogP contribution in [0, 0.1) is 0 Å². The molecule has 0 aliphatic rings. The van der Waals surface area contributed by atoms with Gasteiger partial charge in [-0.3, -0.25) is 18.3 Å². The number of imidazole rings is 1. The summed E-state index contributed by atoms with van der Waals surface area (Å²) in [6, 6.07) is 0. The Bertz CT molecular complexity index is 1010. The van der Waals surface area contributed by atoms with E-state index in [-0.39, 0.29) is 12.0 Å². The highest BCUT2D eigenvalue weighted by Gasteiger charge is 2.23. The van der Waals surface area contributed by atoms with Crippen LogP contribution >= 0.6 is 0 Å². The van der Waals surface area contributed by atoms with Crippen LogP contribution < -0.4 is 11.2 Å². The summed E-state index contributed by atoms with van der Waals surface area (Å²) in [5.74, 6) is 1.03. The highest BCUT2D eigenvalue weighted by atomic mass is 16.4. The molecule has 0 fully saturated rings. The lowest BCUT2D eigenvalue weighted by atomic mass is 9.94. The number of fused-ring (bicyclic) bond motifs is 3. The number of hydrogen-bond acceptors (Lipinski definition) is 4. The standard InChI is InChI=1S/C15H18N4O3/c1-6-7-18-12(20)10-11(17(5)14(18)21)16-13-19(10)8-9(22-13)15(2,3)4/h6,8H,1,7H2,2-5H3. The Morgan fingerprint density at radius 1 is 1.36 bits per heavy atom. The van der Waals surface area contributed by atoms with Crippen LogP contribution in [0.3, 0.4) is 0 Å². The summed E-state index contributed by atoms with van der Waals surface area (Å²) in [5.41, 5.74) is -0.373. The van der Waals surface area contributed by atoms with E-state index in [2.05, 4.69) is 11.6 Å². The lowest BCUT2D eigenvalue weighted by Crippen LogP contribution is -2.39. The first-order chi connectivity index (χ1) is 10.3. The van der Waals surface area contributed by atoms with E-state index in [0.29, 0.717) is 17.0 Å². The zero-order chi connectivity index (χ0) is 16.2. The predicted molar refractivity (Wildman–Crippen MR) is 83.4 cm³/mol. The van der Waals surface area contributed by atoms with Gasteiger partial charge < -0.3 is 4.42 Å². The van der Waals surface area contributed by atoms with Crippen LogP contribution in [0.4, 0.5) is 0 Å². The number of aryl methyl sites for hydroxylation is 1. The van der Waals surface area contributed by atoms with Crippen molar-refractivity contribution in [1.82, 2.24) is 18.5 Å². The van der Waals surface area contributed by atoms with Gasteiger partial charge in [-0.05, 0) is 0 Å². The molecule has 0 radical (unpaired) electrons. The lowest BCUT2D eigenvalue weighted by molar-refractivity contribution is 0.425. The van der Waals surface area contributed by atoms with Gasteiger partial charge in [-0.25, -0.2) is 4.79 Å². The maximum Gasteiger partial charge on any atom is 0.332 e. The van der Waals surface area contributed by atoms with Gasteiger partial charge in [-0.1, -0.05) is 26.8 Å². The normalized spacial score (nSPS) is 12.4. The van der Waals surface area contributed by atoms with Crippen molar-refractivity contribution in [3.05, 3.63) is 45.5 Å². The number of allylic oxidation sites excluding steroid dienone is 1. The third kappa shape index (κ3) is 1.85. The second-order valence-electron chi connectivity index (χ2n) is 6.33. The van der Waals surface area contributed by atoms with Crippen LogP contribution in [0.25, 0.3) is 17.0 Å². The van der Waals surface area contributed by atoms with E-state index in [9.17, 15) is 9.59 Å². The van der Waals surface area contributed by atoms with Gasteiger partial charge in [0.2, 0.25) is 0 Å². The van der Waals surface area contributed by atoms with Gasteiger partial charge in [0.1, 0.15) is 5.76 Å². The predicted octanol–water partition coefficient (Wildman–Crippen LogP) is 1.42. The van der Waals surface area contributed by atoms with E-state index < -0.39 is 11.2 Å². The van der Waals surface area contributed by atoms with Gasteiger partial charge in [0.05, 0.1) is 6.20 Å². The molecule has 0 aromatic carbocycles. The number of nitrogens with zero attached hydrogens (tertiary/aromatic N) is 4. The minimum absolute atomic E-state index is 0.151. The molecule has 7 heteroatoms. The first-order valence-electron chi connectivity index (χ1n) is 6.98. The molecule has 0 saturated heterocycles. The van der Waals surface area contributed by atoms with Crippen molar-refractivity contribution in [1.29, 1.82) is 0 Å². The van der Waals surface area contributed by atoms with Gasteiger partial charge in [0, 0.05) is 19.0 Å². The number of hydrogen-bond donors (Lipinski definition) is 0. The molecule has 3 rings (SSSR count). The Morgan fingerprint density at radius 3 is 2.64 bits per heavy atom. The van der Waals surface area contributed by atoms with Gasteiger partial charge in [0.25, 0.3) is 5.56 Å². The van der Waals surface area contributed by atoms with Gasteiger partial charge in [-0.15, -0.1) is 6.58 Å². The maximum atomic E-state index is 12.6. The molecule has 0 spiro atoms. The summed E-state index contributed by atoms with van der Waals surface area (Å²) in [7, 11) is 1.58. The molecule has 0 bridgehead atoms. The quantitative estimate of drug-likeness (QED) is 0.671. The first kappa shape index (κ1) is 14.4. The number of oxazole rings is 1. The lowest BCUT2D eigenvalue weighted by Gasteiger charge is -2.13. The minimum Gasteiger partial charge on any atom is -0.428 e. The van der Waals surface area contributed by atoms with Crippen LogP contribution in [0.1, 0.15) is 26.5 Å². The van der Waals surface area contributed by atoms with E-state index >= 15 is 0 Å². The second kappa shape index (κ2) is 4.46. The molecule has 0 atom stereocenters. The van der Waals surface area contributed by atoms with Crippen molar-refractivity contribution in [2.75, 3.05) is 0 Å². The van der Waals surface area contributed by atoms with Gasteiger partial charge >= 0.3 is 11.5 Å². The largest absolute Gasteiger partial charge is 0.428 e. The van der Waals surface area contributed by atoms with Gasteiger partial charge in [0.15, 0.2) is 11.2 Å². The molecular weight excluding hydrogens is 284 g/mol. The molecule has 0 amide bonds. The molecule has 3 aromatic rings. The van der Waals surface area contributed by atoms with E-state index in [1.54, 1.807) is 17.6 Å². The molecule has 0 aliphatic heterocycles. The monoisotopic (exact) mass is 302 g/mol. The van der Waals surface area contributed by atoms with Crippen LogP contribution in [0.5, 0.6) is 0 Å². The summed E-state index contributed by atoms with van der Waals surface area (Å²) in [6.45, 7) is 9.78. The maximum absolute atomic E-state index is 12.6. The van der Waals surface area contributed by atoms with E-state index in [0.717, 1.165) is 10.3 Å². The zero-order valence-electron chi connectivity index (χ0n) is 13.1. The summed E-state index contributed by atoms with van der Waals surface area (Å²) < 4.78 is 9.82. The summed E-state index contributed by atoms with van der Waals surface area (Å²) in [6.07, 6.45) is 3.28. The topological polar surface area (TPSA) is 74.4 Å². The Kier molecular flexibility index (Phi) is 2.91. The SMILES string of the molecule is C=CCn1c(=O)c2c(nc3oc(C(C)(C)C)cn32)n(C)c1=O. The van der Waals surface area contributed by atoms with Crippen molar-refractivity contribution in [2.45, 2.75) is 32.7 Å². The van der Waals surface area contributed by atoms with Crippen molar-refractivity contribution in [3.63, 3.8) is 0 Å². The highest BCUT2D eigenvalue weighted by molar-refractivity contribution is 5.74. The fourth-order valence-corrected chi connectivity index (χ4v) is 2.39. The van der Waals surface area contributed by atoms with Crippen molar-refractivity contribution < 1.29 is 4.42 Å². The van der Waals surface area contributed by atoms with Crippen LogP contribution in [-0.2, 0) is 19.0 Å². The van der Waals surface area contributed by atoms with Crippen molar-refractivity contribution in [2.24, 2.45) is 7.05 Å². The first-order valence-corrected chi connectivity index (χ1v) is 6.98. The minimum atomic E-state index is -0.422. The third-order valence-electron chi connectivity index (χ3n) is 3.64. The molecule has 116 valence electrons. The summed E-state index contributed by atoms with van der Waals surface area (Å²) >= 11 is 0. The highest BCUT2D eigenvalue weighted by Crippen LogP contribution is 2.25. The van der Waals surface area contributed by atoms with Crippen molar-refractivity contribution in [3.8, 4) is 0 Å². The smallest absolute Gasteiger partial charge is 0.332 e. The van der Waals surface area contributed by atoms with E-state index in [1.807, 2.05) is 20.8 Å². The molecule has 0 N–H and O–H groups in total. The Balaban J connectivity index is 2.48. The van der Waals surface area contributed by atoms with E-state index in [4.69, 9.17) is 4.42 Å². The van der Waals surface area contributed by atoms with Crippen LogP contribution in [0.2, 0.25) is 0 Å². The Hall–Kier alpha value is -2.57. The Morgan fingerprint density at radius 2 is 2.05 bits per heavy atom. The second-order valence-corrected chi connectivity index (χ2v) is 6.33.